The Balaban J connectivity index is 0. The normalized spacial score (nSPS) is 10.3. The first-order valence-corrected chi connectivity index (χ1v) is 3.69. The summed E-state index contributed by atoms with van der Waals surface area (Å²) >= 11 is 0. The molecule has 0 saturated carbocycles. The van der Waals surface area contributed by atoms with Gasteiger partial charge in [0.1, 0.15) is 0 Å². The molecular weight excluding hydrogens is 224 g/mol. The average Bonchev–Trinajstić information content (AvgIpc) is 1.85. The molecule has 0 aliphatic rings. The molecule has 0 bridgehead atoms. The molecule has 0 spiro atoms. The molecule has 0 atom stereocenters. The van der Waals surface area contributed by atoms with Crippen molar-refractivity contribution in [3.05, 3.63) is 0 Å². The van der Waals surface area contributed by atoms with Crippen LogP contribution in [-0.4, -0.2) is 43.3 Å². The molecule has 4 nitrogen and oxygen atoms in total. The van der Waals surface area contributed by atoms with Crippen LogP contribution in [0.4, 0.5) is 0 Å². The number of hydrogen-bond acceptors (Lipinski definition) is 2. The van der Waals surface area contributed by atoms with Crippen molar-refractivity contribution in [3.8, 4) is 0 Å². The molecule has 0 heterocycles. The molecule has 0 rings (SSSR count). The van der Waals surface area contributed by atoms with Crippen LogP contribution in [0.25, 0.3) is 0 Å². The summed E-state index contributed by atoms with van der Waals surface area (Å²) < 4.78 is 0.846. The summed E-state index contributed by atoms with van der Waals surface area (Å²) in [6.45, 7) is 0.938. The summed E-state index contributed by atoms with van der Waals surface area (Å²) in [5.41, 5.74) is 1.61. The van der Waals surface area contributed by atoms with E-state index in [1.54, 1.807) is 5.48 Å². The van der Waals surface area contributed by atoms with Crippen molar-refractivity contribution in [2.75, 3.05) is 27.7 Å². The highest BCUT2D eigenvalue weighted by Crippen LogP contribution is 1.96. The Bertz CT molecular complexity index is 134. The van der Waals surface area contributed by atoms with Gasteiger partial charge in [-0.1, -0.05) is 0 Å². The molecular formula is C7H17BrN2O2. The number of rotatable bonds is 4. The number of halogens is 1. The molecule has 0 aliphatic carbocycles. The first-order valence-electron chi connectivity index (χ1n) is 3.69. The van der Waals surface area contributed by atoms with E-state index in [4.69, 9.17) is 5.21 Å². The number of hydrogen-bond donors (Lipinski definition) is 2. The fourth-order valence-electron chi connectivity index (χ4n) is 0.770. The smallest absolute Gasteiger partial charge is 0.243 e. The van der Waals surface area contributed by atoms with Crippen molar-refractivity contribution >= 4 is 5.91 Å². The van der Waals surface area contributed by atoms with Gasteiger partial charge in [0.2, 0.25) is 5.91 Å². The summed E-state index contributed by atoms with van der Waals surface area (Å²) in [6.07, 6.45) is 1.20. The van der Waals surface area contributed by atoms with Gasteiger partial charge in [0.05, 0.1) is 27.7 Å². The van der Waals surface area contributed by atoms with Crippen LogP contribution < -0.4 is 22.5 Å². The molecule has 5 heteroatoms. The number of carbonyl (C=O) groups excluding carboxylic acids is 1. The van der Waals surface area contributed by atoms with Crippen LogP contribution in [0, 0.1) is 0 Å². The Hall–Kier alpha value is -0.130. The predicted octanol–water partition coefficient (Wildman–Crippen LogP) is -3.02. The molecule has 0 fully saturated rings. The van der Waals surface area contributed by atoms with Gasteiger partial charge in [-0.15, -0.1) is 0 Å². The van der Waals surface area contributed by atoms with Crippen molar-refractivity contribution < 1.29 is 31.5 Å². The summed E-state index contributed by atoms with van der Waals surface area (Å²) in [5, 5.41) is 8.16. The van der Waals surface area contributed by atoms with Crippen LogP contribution in [0.2, 0.25) is 0 Å². The van der Waals surface area contributed by atoms with Gasteiger partial charge in [-0.2, -0.15) is 0 Å². The lowest BCUT2D eigenvalue weighted by Gasteiger charge is -2.23. The van der Waals surface area contributed by atoms with Crippen LogP contribution in [0.15, 0.2) is 0 Å². The van der Waals surface area contributed by atoms with Gasteiger partial charge in [0.15, 0.2) is 0 Å². The molecule has 0 unspecified atom stereocenters. The minimum absolute atomic E-state index is 0. The third-order valence-electron chi connectivity index (χ3n) is 1.36. The molecule has 0 aromatic carbocycles. The molecule has 0 saturated heterocycles. The molecule has 74 valence electrons. The number of quaternary nitrogens is 1. The zero-order valence-electron chi connectivity index (χ0n) is 7.80. The van der Waals surface area contributed by atoms with Gasteiger partial charge >= 0.3 is 0 Å². The molecule has 0 radical (unpaired) electrons. The Morgan fingerprint density at radius 3 is 2.25 bits per heavy atom. The largest absolute Gasteiger partial charge is 1.00 e. The maximum absolute atomic E-state index is 10.5. The number of amides is 1. The average molecular weight is 241 g/mol. The number of carbonyl (C=O) groups is 1. The fourth-order valence-corrected chi connectivity index (χ4v) is 0.770. The molecule has 0 aliphatic heterocycles. The van der Waals surface area contributed by atoms with E-state index in [0.29, 0.717) is 6.42 Å². The second kappa shape index (κ2) is 6.39. The Morgan fingerprint density at radius 1 is 1.42 bits per heavy atom. The second-order valence-electron chi connectivity index (χ2n) is 3.65. The summed E-state index contributed by atoms with van der Waals surface area (Å²) in [5.74, 6) is -0.307. The van der Waals surface area contributed by atoms with E-state index >= 15 is 0 Å². The maximum Gasteiger partial charge on any atom is 0.243 e. The number of hydroxylamine groups is 1. The summed E-state index contributed by atoms with van der Waals surface area (Å²) in [6, 6.07) is 0. The van der Waals surface area contributed by atoms with E-state index in [9.17, 15) is 4.79 Å². The lowest BCUT2D eigenvalue weighted by atomic mass is 10.3. The maximum atomic E-state index is 10.5. The lowest BCUT2D eigenvalue weighted by molar-refractivity contribution is -0.870. The first kappa shape index (κ1) is 14.4. The van der Waals surface area contributed by atoms with E-state index in [1.807, 2.05) is 0 Å². The highest BCUT2D eigenvalue weighted by Gasteiger charge is 2.07. The highest BCUT2D eigenvalue weighted by molar-refractivity contribution is 5.74. The van der Waals surface area contributed by atoms with Crippen molar-refractivity contribution in [3.63, 3.8) is 0 Å². The molecule has 0 aromatic rings. The first-order chi connectivity index (χ1) is 4.95. The van der Waals surface area contributed by atoms with E-state index in [0.717, 1.165) is 17.4 Å². The fraction of sp³-hybridized carbons (Fsp3) is 0.857. The highest BCUT2D eigenvalue weighted by atomic mass is 79.9. The predicted molar refractivity (Wildman–Crippen MR) is 42.1 cm³/mol. The van der Waals surface area contributed by atoms with Crippen LogP contribution in [0.3, 0.4) is 0 Å². The molecule has 2 N–H and O–H groups in total. The minimum atomic E-state index is -0.307. The van der Waals surface area contributed by atoms with Crippen LogP contribution >= 0.6 is 0 Å². The van der Waals surface area contributed by atoms with Crippen molar-refractivity contribution in [2.24, 2.45) is 0 Å². The van der Waals surface area contributed by atoms with E-state index in [1.165, 1.54) is 0 Å². The second-order valence-corrected chi connectivity index (χ2v) is 3.65. The zero-order valence-corrected chi connectivity index (χ0v) is 9.39. The minimum Gasteiger partial charge on any atom is -1.00 e. The van der Waals surface area contributed by atoms with E-state index in [-0.39, 0.29) is 22.9 Å². The third kappa shape index (κ3) is 9.87. The number of nitrogens with one attached hydrogen (secondary N) is 1. The van der Waals surface area contributed by atoms with Crippen molar-refractivity contribution in [1.82, 2.24) is 5.48 Å². The Kier molecular flexibility index (Phi) is 7.67. The lowest BCUT2D eigenvalue weighted by Crippen LogP contribution is -3.00. The third-order valence-corrected chi connectivity index (χ3v) is 1.36. The van der Waals surface area contributed by atoms with Gasteiger partial charge in [0.25, 0.3) is 0 Å². The molecule has 12 heavy (non-hydrogen) atoms. The van der Waals surface area contributed by atoms with Crippen molar-refractivity contribution in [2.45, 2.75) is 12.8 Å². The van der Waals surface area contributed by atoms with Gasteiger partial charge < -0.3 is 21.5 Å². The van der Waals surface area contributed by atoms with E-state index < -0.39 is 0 Å². The summed E-state index contributed by atoms with van der Waals surface area (Å²) in [4.78, 5) is 10.5. The van der Waals surface area contributed by atoms with Crippen LogP contribution in [-0.2, 0) is 4.79 Å². The van der Waals surface area contributed by atoms with Crippen LogP contribution in [0.5, 0.6) is 0 Å². The van der Waals surface area contributed by atoms with Crippen molar-refractivity contribution in [1.29, 1.82) is 0 Å². The molecule has 1 amide bonds. The standard InChI is InChI=1S/C7H16N2O2.BrH/c1-9(2,3)6-4-5-7(10)8-11;/h4-6H2,1-3H3,(H-,8,10,11);1H. The van der Waals surface area contributed by atoms with Gasteiger partial charge in [0, 0.05) is 12.8 Å². The number of nitrogens with zero attached hydrogens (tertiary/aromatic N) is 1. The van der Waals surface area contributed by atoms with Crippen LogP contribution in [0.1, 0.15) is 12.8 Å². The summed E-state index contributed by atoms with van der Waals surface area (Å²) in [7, 11) is 6.20. The Labute approximate surface area is 83.9 Å². The zero-order chi connectivity index (χ0) is 8.91. The van der Waals surface area contributed by atoms with E-state index in [2.05, 4.69) is 21.1 Å². The topological polar surface area (TPSA) is 49.3 Å². The molecule has 0 aromatic heterocycles. The monoisotopic (exact) mass is 240 g/mol. The van der Waals surface area contributed by atoms with Gasteiger partial charge in [-0.25, -0.2) is 5.48 Å². The van der Waals surface area contributed by atoms with Gasteiger partial charge in [-0.3, -0.25) is 10.0 Å². The van der Waals surface area contributed by atoms with Gasteiger partial charge in [-0.05, 0) is 0 Å². The SMILES string of the molecule is C[N+](C)(C)CCCC(=O)NO.[Br-]. The Morgan fingerprint density at radius 2 is 1.92 bits per heavy atom. The quantitative estimate of drug-likeness (QED) is 0.313.